The van der Waals surface area contributed by atoms with E-state index < -0.39 is 40.4 Å². The lowest BCUT2D eigenvalue weighted by Crippen LogP contribution is -2.18. The van der Waals surface area contributed by atoms with Gasteiger partial charge in [-0.25, -0.2) is 14.0 Å². The van der Waals surface area contributed by atoms with Crippen LogP contribution in [0.15, 0.2) is 12.1 Å². The predicted molar refractivity (Wildman–Crippen MR) is 60.4 cm³/mol. The number of rotatable bonds is 4. The Morgan fingerprint density at radius 3 is 2.47 bits per heavy atom. The maximum absolute atomic E-state index is 13.4. The topological polar surface area (TPSA) is 89.9 Å². The molecule has 0 saturated heterocycles. The first-order valence-corrected chi connectivity index (χ1v) is 5.24. The molecule has 0 heterocycles. The van der Waals surface area contributed by atoms with Gasteiger partial charge in [-0.1, -0.05) is 0 Å². The van der Waals surface area contributed by atoms with Gasteiger partial charge in [-0.15, -0.1) is 0 Å². The Labute approximate surface area is 107 Å². The third-order valence-corrected chi connectivity index (χ3v) is 2.19. The molecule has 6 nitrogen and oxygen atoms in total. The van der Waals surface area contributed by atoms with Gasteiger partial charge in [0.1, 0.15) is 5.56 Å². The van der Waals surface area contributed by atoms with Crippen LogP contribution in [0.3, 0.4) is 0 Å². The highest BCUT2D eigenvalue weighted by Crippen LogP contribution is 2.24. The van der Waals surface area contributed by atoms with Gasteiger partial charge < -0.3 is 14.6 Å². The van der Waals surface area contributed by atoms with Gasteiger partial charge in [-0.3, -0.25) is 4.79 Å². The summed E-state index contributed by atoms with van der Waals surface area (Å²) in [5.74, 6) is -5.49. The number of ether oxygens (including phenoxy) is 2. The Morgan fingerprint density at radius 2 is 1.95 bits per heavy atom. The lowest BCUT2D eigenvalue weighted by atomic mass is 10.1. The summed E-state index contributed by atoms with van der Waals surface area (Å²) in [5.41, 5.74) is -0.954. The lowest BCUT2D eigenvalue weighted by Gasteiger charge is -2.06. The molecule has 0 amide bonds. The molecule has 0 aliphatic rings. The molecule has 0 aliphatic carbocycles. The number of hydrogen-bond donors (Lipinski definition) is 1. The molecule has 0 aromatic heterocycles. The molecule has 0 unspecified atom stereocenters. The number of hydrogen-bond acceptors (Lipinski definition) is 6. The van der Waals surface area contributed by atoms with E-state index in [-0.39, 0.29) is 6.61 Å². The third kappa shape index (κ3) is 3.06. The molecule has 1 aromatic carbocycles. The number of phenols is 1. The molecule has 19 heavy (non-hydrogen) atoms. The molecule has 0 bridgehead atoms. The smallest absolute Gasteiger partial charge is 0.379 e. The SMILES string of the molecule is CCOC(=O)C(=O)c1cc(F)c(O)c(C(=O)OC)c1. The van der Waals surface area contributed by atoms with Crippen LogP contribution in [0.5, 0.6) is 5.75 Å². The van der Waals surface area contributed by atoms with Crippen molar-refractivity contribution in [2.24, 2.45) is 0 Å². The highest BCUT2D eigenvalue weighted by molar-refractivity contribution is 6.40. The molecule has 0 spiro atoms. The van der Waals surface area contributed by atoms with E-state index >= 15 is 0 Å². The molecule has 7 heteroatoms. The van der Waals surface area contributed by atoms with E-state index in [1.165, 1.54) is 6.92 Å². The number of carbonyl (C=O) groups excluding carboxylic acids is 3. The van der Waals surface area contributed by atoms with Crippen molar-refractivity contribution in [1.82, 2.24) is 0 Å². The summed E-state index contributed by atoms with van der Waals surface area (Å²) < 4.78 is 22.2. The van der Waals surface area contributed by atoms with E-state index in [0.29, 0.717) is 6.07 Å². The highest BCUT2D eigenvalue weighted by Gasteiger charge is 2.23. The Hall–Kier alpha value is -2.44. The van der Waals surface area contributed by atoms with Crippen molar-refractivity contribution < 1.29 is 33.4 Å². The van der Waals surface area contributed by atoms with Gasteiger partial charge in [0.25, 0.3) is 5.78 Å². The quantitative estimate of drug-likeness (QED) is 0.500. The van der Waals surface area contributed by atoms with Crippen molar-refractivity contribution in [2.75, 3.05) is 13.7 Å². The number of methoxy groups -OCH3 is 1. The zero-order chi connectivity index (χ0) is 14.6. The van der Waals surface area contributed by atoms with Crippen molar-refractivity contribution in [3.63, 3.8) is 0 Å². The summed E-state index contributed by atoms with van der Waals surface area (Å²) in [7, 11) is 1.03. The first kappa shape index (κ1) is 14.6. The molecule has 102 valence electrons. The number of Topliss-reactive ketones (excluding diaryl/α,β-unsaturated/α-hetero) is 1. The molecular formula is C12H11FO6. The molecule has 0 aliphatic heterocycles. The average molecular weight is 270 g/mol. The number of halogens is 1. The van der Waals surface area contributed by atoms with Crippen molar-refractivity contribution in [2.45, 2.75) is 6.92 Å². The van der Waals surface area contributed by atoms with Crippen molar-refractivity contribution >= 4 is 17.7 Å². The van der Waals surface area contributed by atoms with Crippen LogP contribution in [-0.4, -0.2) is 36.5 Å². The van der Waals surface area contributed by atoms with Gasteiger partial charge in [0.2, 0.25) is 0 Å². The van der Waals surface area contributed by atoms with Crippen molar-refractivity contribution in [3.8, 4) is 5.75 Å². The Morgan fingerprint density at radius 1 is 1.32 bits per heavy atom. The van der Waals surface area contributed by atoms with Crippen LogP contribution in [0.2, 0.25) is 0 Å². The number of benzene rings is 1. The van der Waals surface area contributed by atoms with Crippen LogP contribution in [-0.2, 0) is 14.3 Å². The molecule has 0 saturated carbocycles. The standard InChI is InChI=1S/C12H11FO6/c1-3-19-12(17)9(14)6-4-7(11(16)18-2)10(15)8(13)5-6/h4-5,15H,3H2,1-2H3. The highest BCUT2D eigenvalue weighted by atomic mass is 19.1. The normalized spacial score (nSPS) is 9.84. The summed E-state index contributed by atoms with van der Waals surface area (Å²) in [5, 5.41) is 9.34. The number of aromatic hydroxyl groups is 1. The second-order valence-electron chi connectivity index (χ2n) is 3.40. The van der Waals surface area contributed by atoms with Gasteiger partial charge in [-0.2, -0.15) is 0 Å². The van der Waals surface area contributed by atoms with E-state index in [0.717, 1.165) is 13.2 Å². The van der Waals surface area contributed by atoms with Gasteiger partial charge in [0.15, 0.2) is 11.6 Å². The van der Waals surface area contributed by atoms with Crippen molar-refractivity contribution in [3.05, 3.63) is 29.1 Å². The van der Waals surface area contributed by atoms with Crippen LogP contribution < -0.4 is 0 Å². The predicted octanol–water partition coefficient (Wildman–Crippen LogP) is 1.06. The van der Waals surface area contributed by atoms with Gasteiger partial charge in [0.05, 0.1) is 13.7 Å². The number of ketones is 1. The summed E-state index contributed by atoms with van der Waals surface area (Å²) in [6, 6.07) is 1.50. The maximum Gasteiger partial charge on any atom is 0.379 e. The Bertz CT molecular complexity index is 537. The average Bonchev–Trinajstić information content (AvgIpc) is 2.40. The number of phenolic OH excluding ortho intramolecular Hbond substituents is 1. The zero-order valence-electron chi connectivity index (χ0n) is 10.2. The molecule has 1 rings (SSSR count). The van der Waals surface area contributed by atoms with Crippen LogP contribution in [0.4, 0.5) is 4.39 Å². The van der Waals surface area contributed by atoms with E-state index in [4.69, 9.17) is 0 Å². The maximum atomic E-state index is 13.4. The first-order chi connectivity index (χ1) is 8.92. The molecule has 0 fully saturated rings. The van der Waals surface area contributed by atoms with Crippen molar-refractivity contribution in [1.29, 1.82) is 0 Å². The minimum atomic E-state index is -1.21. The van der Waals surface area contributed by atoms with Gasteiger partial charge >= 0.3 is 11.9 Å². The zero-order valence-corrected chi connectivity index (χ0v) is 10.2. The fourth-order valence-corrected chi connectivity index (χ4v) is 1.31. The van der Waals surface area contributed by atoms with E-state index in [1.807, 2.05) is 0 Å². The second kappa shape index (κ2) is 5.94. The van der Waals surface area contributed by atoms with E-state index in [1.54, 1.807) is 0 Å². The minimum absolute atomic E-state index is 0.0189. The third-order valence-electron chi connectivity index (χ3n) is 2.19. The molecule has 1 N–H and O–H groups in total. The van der Waals surface area contributed by atoms with E-state index in [2.05, 4.69) is 9.47 Å². The fraction of sp³-hybridized carbons (Fsp3) is 0.250. The summed E-state index contributed by atoms with van der Waals surface area (Å²) >= 11 is 0. The summed E-state index contributed by atoms with van der Waals surface area (Å²) in [6.45, 7) is 1.48. The second-order valence-corrected chi connectivity index (χ2v) is 3.40. The molecule has 1 aromatic rings. The molecule has 0 radical (unpaired) electrons. The summed E-state index contributed by atoms with van der Waals surface area (Å²) in [4.78, 5) is 34.1. The fourth-order valence-electron chi connectivity index (χ4n) is 1.31. The summed E-state index contributed by atoms with van der Waals surface area (Å²) in [6.07, 6.45) is 0. The largest absolute Gasteiger partial charge is 0.504 e. The Kier molecular flexibility index (Phi) is 4.57. The van der Waals surface area contributed by atoms with Crippen LogP contribution >= 0.6 is 0 Å². The van der Waals surface area contributed by atoms with Gasteiger partial charge in [-0.05, 0) is 19.1 Å². The minimum Gasteiger partial charge on any atom is -0.504 e. The molecule has 0 atom stereocenters. The molecular weight excluding hydrogens is 259 g/mol. The van der Waals surface area contributed by atoms with Crippen LogP contribution in [0, 0.1) is 5.82 Å². The Balaban J connectivity index is 3.24. The monoisotopic (exact) mass is 270 g/mol. The van der Waals surface area contributed by atoms with E-state index in [9.17, 15) is 23.9 Å². The lowest BCUT2D eigenvalue weighted by molar-refractivity contribution is -0.137. The number of carbonyl (C=O) groups is 3. The van der Waals surface area contributed by atoms with Gasteiger partial charge in [0, 0.05) is 5.56 Å². The first-order valence-electron chi connectivity index (χ1n) is 5.24. The van der Waals surface area contributed by atoms with Crippen LogP contribution in [0.25, 0.3) is 0 Å². The van der Waals surface area contributed by atoms with Crippen LogP contribution in [0.1, 0.15) is 27.6 Å². The number of esters is 2.